The third-order valence-corrected chi connectivity index (χ3v) is 2.96. The fourth-order valence-corrected chi connectivity index (χ4v) is 1.92. The van der Waals surface area contributed by atoms with E-state index in [0.717, 1.165) is 19.4 Å². The predicted octanol–water partition coefficient (Wildman–Crippen LogP) is 2.16. The Bertz CT molecular complexity index is 350. The van der Waals surface area contributed by atoms with Crippen LogP contribution >= 0.6 is 0 Å². The van der Waals surface area contributed by atoms with Gasteiger partial charge >= 0.3 is 5.97 Å². The van der Waals surface area contributed by atoms with E-state index < -0.39 is 5.54 Å². The molecular formula is C14H21NO2. The lowest BCUT2D eigenvalue weighted by Crippen LogP contribution is -2.50. The van der Waals surface area contributed by atoms with Gasteiger partial charge in [0.2, 0.25) is 0 Å². The van der Waals surface area contributed by atoms with Crippen LogP contribution < -0.4 is 5.32 Å². The lowest BCUT2D eigenvalue weighted by Gasteiger charge is -2.27. The molecule has 0 aromatic heterocycles. The second-order valence-corrected chi connectivity index (χ2v) is 4.34. The molecule has 0 saturated heterocycles. The number of nitrogens with one attached hydrogen (secondary N) is 1. The van der Waals surface area contributed by atoms with Gasteiger partial charge in [-0.3, -0.25) is 4.79 Å². The van der Waals surface area contributed by atoms with E-state index in [9.17, 15) is 4.79 Å². The smallest absolute Gasteiger partial charge is 0.325 e. The molecule has 0 heterocycles. The van der Waals surface area contributed by atoms with Gasteiger partial charge in [-0.25, -0.2) is 0 Å². The largest absolute Gasteiger partial charge is 0.468 e. The minimum absolute atomic E-state index is 0.199. The van der Waals surface area contributed by atoms with E-state index in [4.69, 9.17) is 4.74 Å². The molecule has 0 radical (unpaired) electrons. The predicted molar refractivity (Wildman–Crippen MR) is 68.9 cm³/mol. The number of benzene rings is 1. The molecule has 0 aliphatic heterocycles. The maximum absolute atomic E-state index is 11.8. The summed E-state index contributed by atoms with van der Waals surface area (Å²) in [5.41, 5.74) is 0.639. The number of carbonyl (C=O) groups excluding carboxylic acids is 1. The minimum atomic E-state index is -0.598. The molecule has 1 N–H and O–H groups in total. The summed E-state index contributed by atoms with van der Waals surface area (Å²) in [4.78, 5) is 11.8. The lowest BCUT2D eigenvalue weighted by molar-refractivity contribution is -0.148. The number of methoxy groups -OCH3 is 1. The maximum atomic E-state index is 11.8. The quantitative estimate of drug-likeness (QED) is 0.768. The van der Waals surface area contributed by atoms with Crippen molar-refractivity contribution < 1.29 is 9.53 Å². The fraction of sp³-hybridized carbons (Fsp3) is 0.500. The van der Waals surface area contributed by atoms with Gasteiger partial charge < -0.3 is 10.1 Å². The number of esters is 1. The SMILES string of the molecule is CCNC(C)(CCc1ccccc1)C(=O)OC. The Morgan fingerprint density at radius 2 is 2.00 bits per heavy atom. The molecule has 3 heteroatoms. The van der Waals surface area contributed by atoms with Crippen LogP contribution in [0.15, 0.2) is 30.3 Å². The van der Waals surface area contributed by atoms with Gasteiger partial charge in [0.15, 0.2) is 0 Å². The molecule has 0 amide bonds. The van der Waals surface area contributed by atoms with Crippen LogP contribution in [0.3, 0.4) is 0 Å². The van der Waals surface area contributed by atoms with Gasteiger partial charge in [-0.05, 0) is 31.9 Å². The zero-order valence-electron chi connectivity index (χ0n) is 10.8. The molecule has 3 nitrogen and oxygen atoms in total. The Balaban J connectivity index is 2.64. The van der Waals surface area contributed by atoms with Gasteiger partial charge in [0.05, 0.1) is 7.11 Å². The van der Waals surface area contributed by atoms with Crippen LogP contribution in [0.1, 0.15) is 25.8 Å². The van der Waals surface area contributed by atoms with Crippen LogP contribution in [-0.2, 0) is 16.0 Å². The van der Waals surface area contributed by atoms with E-state index in [1.54, 1.807) is 0 Å². The van der Waals surface area contributed by atoms with Crippen molar-refractivity contribution in [1.82, 2.24) is 5.32 Å². The van der Waals surface area contributed by atoms with Crippen LogP contribution in [0.25, 0.3) is 0 Å². The Labute approximate surface area is 103 Å². The van der Waals surface area contributed by atoms with Crippen LogP contribution in [-0.4, -0.2) is 25.2 Å². The highest BCUT2D eigenvalue weighted by atomic mass is 16.5. The van der Waals surface area contributed by atoms with Gasteiger partial charge in [-0.15, -0.1) is 0 Å². The van der Waals surface area contributed by atoms with Crippen molar-refractivity contribution in [3.8, 4) is 0 Å². The number of aryl methyl sites for hydroxylation is 1. The van der Waals surface area contributed by atoms with Gasteiger partial charge in [0, 0.05) is 0 Å². The number of ether oxygens (including phenoxy) is 1. The van der Waals surface area contributed by atoms with Gasteiger partial charge in [0.25, 0.3) is 0 Å². The lowest BCUT2D eigenvalue weighted by atomic mass is 9.93. The van der Waals surface area contributed by atoms with E-state index in [-0.39, 0.29) is 5.97 Å². The molecule has 94 valence electrons. The van der Waals surface area contributed by atoms with Gasteiger partial charge in [0.1, 0.15) is 5.54 Å². The molecule has 0 fully saturated rings. The zero-order valence-corrected chi connectivity index (χ0v) is 10.8. The zero-order chi connectivity index (χ0) is 12.7. The highest BCUT2D eigenvalue weighted by Crippen LogP contribution is 2.15. The third kappa shape index (κ3) is 3.86. The minimum Gasteiger partial charge on any atom is -0.468 e. The van der Waals surface area contributed by atoms with Crippen molar-refractivity contribution in [2.75, 3.05) is 13.7 Å². The average molecular weight is 235 g/mol. The molecule has 1 unspecified atom stereocenters. The van der Waals surface area contributed by atoms with E-state index in [2.05, 4.69) is 17.4 Å². The molecule has 1 aromatic rings. The Kier molecular flexibility index (Phi) is 5.16. The first-order chi connectivity index (χ1) is 8.12. The normalized spacial score (nSPS) is 14.1. The molecule has 17 heavy (non-hydrogen) atoms. The summed E-state index contributed by atoms with van der Waals surface area (Å²) in [6, 6.07) is 10.2. The van der Waals surface area contributed by atoms with Crippen molar-refractivity contribution >= 4 is 5.97 Å². The highest BCUT2D eigenvalue weighted by Gasteiger charge is 2.32. The summed E-state index contributed by atoms with van der Waals surface area (Å²) < 4.78 is 4.85. The van der Waals surface area contributed by atoms with Crippen LogP contribution in [0.5, 0.6) is 0 Å². The Hall–Kier alpha value is -1.35. The Morgan fingerprint density at radius 3 is 2.53 bits per heavy atom. The third-order valence-electron chi connectivity index (χ3n) is 2.96. The van der Waals surface area contributed by atoms with E-state index >= 15 is 0 Å². The van der Waals surface area contributed by atoms with Crippen molar-refractivity contribution in [3.05, 3.63) is 35.9 Å². The summed E-state index contributed by atoms with van der Waals surface area (Å²) in [5, 5.41) is 3.21. The molecule has 0 bridgehead atoms. The molecule has 0 aliphatic rings. The van der Waals surface area contributed by atoms with Crippen molar-refractivity contribution in [1.29, 1.82) is 0 Å². The van der Waals surface area contributed by atoms with E-state index in [1.807, 2.05) is 32.0 Å². The molecule has 1 atom stereocenters. The number of rotatable bonds is 6. The molecular weight excluding hydrogens is 214 g/mol. The number of hydrogen-bond donors (Lipinski definition) is 1. The maximum Gasteiger partial charge on any atom is 0.325 e. The average Bonchev–Trinajstić information content (AvgIpc) is 2.37. The number of likely N-dealkylation sites (N-methyl/N-ethyl adjacent to an activating group) is 1. The second kappa shape index (κ2) is 6.40. The van der Waals surface area contributed by atoms with Crippen LogP contribution in [0.4, 0.5) is 0 Å². The first-order valence-electron chi connectivity index (χ1n) is 5.99. The first kappa shape index (κ1) is 13.7. The topological polar surface area (TPSA) is 38.3 Å². The molecule has 1 aromatic carbocycles. The summed E-state index contributed by atoms with van der Waals surface area (Å²) >= 11 is 0. The first-order valence-corrected chi connectivity index (χ1v) is 5.99. The van der Waals surface area contributed by atoms with E-state index in [0.29, 0.717) is 0 Å². The van der Waals surface area contributed by atoms with Gasteiger partial charge in [-0.2, -0.15) is 0 Å². The number of hydrogen-bond acceptors (Lipinski definition) is 3. The van der Waals surface area contributed by atoms with Gasteiger partial charge in [-0.1, -0.05) is 37.3 Å². The van der Waals surface area contributed by atoms with Crippen LogP contribution in [0.2, 0.25) is 0 Å². The standard InChI is InChI=1S/C14H21NO2/c1-4-15-14(2,13(16)17-3)11-10-12-8-6-5-7-9-12/h5-9,15H,4,10-11H2,1-3H3. The molecule has 0 saturated carbocycles. The second-order valence-electron chi connectivity index (χ2n) is 4.34. The summed E-state index contributed by atoms with van der Waals surface area (Å²) in [6.45, 7) is 4.63. The Morgan fingerprint density at radius 1 is 1.35 bits per heavy atom. The van der Waals surface area contributed by atoms with Crippen molar-refractivity contribution in [2.45, 2.75) is 32.2 Å². The summed E-state index contributed by atoms with van der Waals surface area (Å²) in [7, 11) is 1.43. The molecule has 1 rings (SSSR count). The summed E-state index contributed by atoms with van der Waals surface area (Å²) in [5.74, 6) is -0.199. The molecule has 0 aliphatic carbocycles. The number of carbonyl (C=O) groups is 1. The summed E-state index contributed by atoms with van der Waals surface area (Å²) in [6.07, 6.45) is 1.59. The highest BCUT2D eigenvalue weighted by molar-refractivity contribution is 5.80. The monoisotopic (exact) mass is 235 g/mol. The van der Waals surface area contributed by atoms with Crippen molar-refractivity contribution in [2.24, 2.45) is 0 Å². The van der Waals surface area contributed by atoms with Crippen molar-refractivity contribution in [3.63, 3.8) is 0 Å². The fourth-order valence-electron chi connectivity index (χ4n) is 1.92. The van der Waals surface area contributed by atoms with E-state index in [1.165, 1.54) is 12.7 Å². The van der Waals surface area contributed by atoms with Crippen LogP contribution in [0, 0.1) is 0 Å². The molecule has 0 spiro atoms.